The van der Waals surface area contributed by atoms with Gasteiger partial charge in [0.05, 0.1) is 16.5 Å². The minimum atomic E-state index is -3.12. The summed E-state index contributed by atoms with van der Waals surface area (Å²) in [6.45, 7) is 6.29. The van der Waals surface area contributed by atoms with Crippen LogP contribution < -0.4 is 10.2 Å². The van der Waals surface area contributed by atoms with Crippen LogP contribution in [0.2, 0.25) is 0 Å². The van der Waals surface area contributed by atoms with Crippen LogP contribution in [0.1, 0.15) is 81.4 Å². The van der Waals surface area contributed by atoms with E-state index in [1.807, 2.05) is 45.9 Å². The first-order valence-electron chi connectivity index (χ1n) is 13.7. The van der Waals surface area contributed by atoms with E-state index in [1.165, 1.54) is 6.20 Å². The largest absolute Gasteiger partial charge is 0.444 e. The van der Waals surface area contributed by atoms with Crippen molar-refractivity contribution in [1.29, 1.82) is 0 Å². The third-order valence-electron chi connectivity index (χ3n) is 7.45. The number of nitrogens with zero attached hydrogens (tertiary/aromatic N) is 2. The molecular formula is C31H34F2N2O5. The lowest BCUT2D eigenvalue weighted by Crippen LogP contribution is -2.45. The van der Waals surface area contributed by atoms with Gasteiger partial charge in [-0.25, -0.2) is 4.79 Å². The van der Waals surface area contributed by atoms with Gasteiger partial charge in [0.15, 0.2) is 17.0 Å². The number of benzene rings is 2. The normalized spacial score (nSPS) is 17.2. The topological polar surface area (TPSA) is 77.8 Å². The molecule has 1 fully saturated rings. The van der Waals surface area contributed by atoms with Crippen molar-refractivity contribution in [3.05, 3.63) is 63.4 Å². The number of ketones is 1. The van der Waals surface area contributed by atoms with Crippen LogP contribution >= 0.6 is 0 Å². The Labute approximate surface area is 231 Å². The molecule has 0 bridgehead atoms. The number of carbonyl (C=O) groups excluding carboxylic acids is 2. The summed E-state index contributed by atoms with van der Waals surface area (Å²) in [5.41, 5.74) is 2.17. The summed E-state index contributed by atoms with van der Waals surface area (Å²) in [5, 5.41) is 0.175. The number of alkyl halides is 2. The van der Waals surface area contributed by atoms with Crippen LogP contribution in [0.15, 0.2) is 41.3 Å². The standard InChI is InChI=1S/C31H34F2N2O5/c1-6-25(36)24-16-35(21-9-10-21)26-23(27(24)37)12-11-22(28(26)39-29(32)33)19-8-7-18-13-17(2)34(15-20(18)14-19)30(38)40-31(3,4)5/h7-8,11-12,14,16-17,21,29H,6,9-10,13,15H2,1-5H3. The highest BCUT2D eigenvalue weighted by Crippen LogP contribution is 2.44. The van der Waals surface area contributed by atoms with Gasteiger partial charge in [-0.2, -0.15) is 8.78 Å². The molecule has 40 heavy (non-hydrogen) atoms. The number of ether oxygens (including phenoxy) is 2. The van der Waals surface area contributed by atoms with Crippen LogP contribution in [-0.4, -0.2) is 39.6 Å². The van der Waals surface area contributed by atoms with E-state index in [-0.39, 0.29) is 46.5 Å². The fraction of sp³-hybridized carbons (Fsp3) is 0.452. The van der Waals surface area contributed by atoms with E-state index in [0.717, 1.165) is 24.0 Å². The first kappa shape index (κ1) is 27.8. The molecule has 3 aromatic rings. The number of rotatable bonds is 6. The van der Waals surface area contributed by atoms with Crippen molar-refractivity contribution < 1.29 is 27.8 Å². The maximum absolute atomic E-state index is 13.8. The van der Waals surface area contributed by atoms with Crippen LogP contribution in [-0.2, 0) is 17.7 Å². The quantitative estimate of drug-likeness (QED) is 0.312. The highest BCUT2D eigenvalue weighted by atomic mass is 19.3. The number of aromatic nitrogens is 1. The number of hydrogen-bond acceptors (Lipinski definition) is 5. The zero-order valence-corrected chi connectivity index (χ0v) is 23.4. The molecule has 1 unspecified atom stereocenters. The molecule has 1 saturated carbocycles. The number of pyridine rings is 1. The van der Waals surface area contributed by atoms with Crippen molar-refractivity contribution in [2.75, 3.05) is 0 Å². The molecule has 1 aliphatic heterocycles. The van der Waals surface area contributed by atoms with Gasteiger partial charge in [-0.15, -0.1) is 0 Å². The zero-order chi connectivity index (χ0) is 28.9. The highest BCUT2D eigenvalue weighted by Gasteiger charge is 2.32. The first-order chi connectivity index (χ1) is 18.9. The van der Waals surface area contributed by atoms with Crippen LogP contribution in [0.25, 0.3) is 22.0 Å². The summed E-state index contributed by atoms with van der Waals surface area (Å²) < 4.78 is 40.1. The average Bonchev–Trinajstić information content (AvgIpc) is 3.72. The molecule has 9 heteroatoms. The van der Waals surface area contributed by atoms with Gasteiger partial charge in [0.25, 0.3) is 0 Å². The summed E-state index contributed by atoms with van der Waals surface area (Å²) in [6, 6.07) is 8.79. The smallest absolute Gasteiger partial charge is 0.410 e. The van der Waals surface area contributed by atoms with Crippen molar-refractivity contribution in [2.24, 2.45) is 0 Å². The van der Waals surface area contributed by atoms with Crippen LogP contribution in [0, 0.1) is 0 Å². The van der Waals surface area contributed by atoms with Gasteiger partial charge in [-0.1, -0.05) is 19.1 Å². The second kappa shape index (κ2) is 10.3. The van der Waals surface area contributed by atoms with Crippen molar-refractivity contribution in [3.63, 3.8) is 0 Å². The average molecular weight is 553 g/mol. The van der Waals surface area contributed by atoms with Crippen molar-refractivity contribution in [2.45, 2.75) is 91.1 Å². The predicted molar refractivity (Wildman–Crippen MR) is 148 cm³/mol. The third-order valence-corrected chi connectivity index (χ3v) is 7.45. The van der Waals surface area contributed by atoms with Crippen LogP contribution in [0.4, 0.5) is 13.6 Å². The molecule has 1 atom stereocenters. The second-order valence-electron chi connectivity index (χ2n) is 11.6. The van der Waals surface area contributed by atoms with E-state index >= 15 is 0 Å². The van der Waals surface area contributed by atoms with Gasteiger partial charge in [0.1, 0.15) is 5.60 Å². The molecule has 212 valence electrons. The summed E-state index contributed by atoms with van der Waals surface area (Å²) in [7, 11) is 0. The lowest BCUT2D eigenvalue weighted by Gasteiger charge is -2.36. The van der Waals surface area contributed by atoms with Gasteiger partial charge in [0, 0.05) is 36.8 Å². The van der Waals surface area contributed by atoms with Crippen LogP contribution in [0.5, 0.6) is 5.75 Å². The molecule has 1 amide bonds. The molecule has 0 saturated heterocycles. The van der Waals surface area contributed by atoms with Gasteiger partial charge in [-0.3, -0.25) is 9.59 Å². The van der Waals surface area contributed by atoms with Crippen molar-refractivity contribution in [1.82, 2.24) is 9.47 Å². The predicted octanol–water partition coefficient (Wildman–Crippen LogP) is 6.88. The monoisotopic (exact) mass is 552 g/mol. The lowest BCUT2D eigenvalue weighted by molar-refractivity contribution is -0.0486. The van der Waals surface area contributed by atoms with E-state index in [1.54, 1.807) is 28.5 Å². The van der Waals surface area contributed by atoms with E-state index in [0.29, 0.717) is 24.1 Å². The second-order valence-corrected chi connectivity index (χ2v) is 11.6. The van der Waals surface area contributed by atoms with E-state index in [9.17, 15) is 23.2 Å². The third kappa shape index (κ3) is 5.33. The van der Waals surface area contributed by atoms with Gasteiger partial charge < -0.3 is 18.9 Å². The molecule has 2 aliphatic rings. The van der Waals surface area contributed by atoms with Crippen molar-refractivity contribution in [3.8, 4) is 16.9 Å². The fourth-order valence-corrected chi connectivity index (χ4v) is 5.36. The Hall–Kier alpha value is -3.75. The maximum atomic E-state index is 13.8. The number of halogens is 2. The number of hydrogen-bond donors (Lipinski definition) is 0. The summed E-state index contributed by atoms with van der Waals surface area (Å²) in [6.07, 6.45) is 3.51. The Bertz CT molecular complexity index is 1550. The number of fused-ring (bicyclic) bond motifs is 2. The Morgan fingerprint density at radius 2 is 1.82 bits per heavy atom. The van der Waals surface area contributed by atoms with Gasteiger partial charge >= 0.3 is 12.7 Å². The van der Waals surface area contributed by atoms with E-state index < -0.39 is 23.7 Å². The summed E-state index contributed by atoms with van der Waals surface area (Å²) in [4.78, 5) is 40.4. The molecule has 5 rings (SSSR count). The molecule has 1 aliphatic carbocycles. The molecule has 0 N–H and O–H groups in total. The Morgan fingerprint density at radius 3 is 2.45 bits per heavy atom. The lowest BCUT2D eigenvalue weighted by atomic mass is 9.91. The Morgan fingerprint density at radius 1 is 1.10 bits per heavy atom. The Kier molecular flexibility index (Phi) is 7.18. The molecule has 0 radical (unpaired) electrons. The molecule has 0 spiro atoms. The fourth-order valence-electron chi connectivity index (χ4n) is 5.36. The number of carbonyl (C=O) groups is 2. The molecule has 7 nitrogen and oxygen atoms in total. The highest BCUT2D eigenvalue weighted by molar-refractivity contribution is 6.01. The SMILES string of the molecule is CCC(=O)c1cn(C2CC2)c2c(OC(F)F)c(-c3ccc4c(c3)CN(C(=O)OC(C)(C)C)C(C)C4)ccc2c1=O. The van der Waals surface area contributed by atoms with Gasteiger partial charge in [0.2, 0.25) is 0 Å². The molecular weight excluding hydrogens is 518 g/mol. The number of amides is 1. The molecule has 1 aromatic heterocycles. The minimum absolute atomic E-state index is 0.00538. The summed E-state index contributed by atoms with van der Waals surface area (Å²) in [5.74, 6) is -0.389. The molecule has 2 aromatic carbocycles. The van der Waals surface area contributed by atoms with Crippen molar-refractivity contribution >= 4 is 22.8 Å². The zero-order valence-electron chi connectivity index (χ0n) is 23.4. The summed E-state index contributed by atoms with van der Waals surface area (Å²) >= 11 is 0. The maximum Gasteiger partial charge on any atom is 0.410 e. The van der Waals surface area contributed by atoms with E-state index in [2.05, 4.69) is 0 Å². The van der Waals surface area contributed by atoms with E-state index in [4.69, 9.17) is 9.47 Å². The van der Waals surface area contributed by atoms with Crippen LogP contribution in [0.3, 0.4) is 0 Å². The minimum Gasteiger partial charge on any atom is -0.444 e. The van der Waals surface area contributed by atoms with Gasteiger partial charge in [-0.05, 0) is 81.8 Å². The first-order valence-corrected chi connectivity index (χ1v) is 13.7. The number of Topliss-reactive ketones (excluding diaryl/α,β-unsaturated/α-hetero) is 1. The Balaban J connectivity index is 1.64. The molecule has 2 heterocycles.